The first kappa shape index (κ1) is 10.4. The number of hydrogen-bond acceptors (Lipinski definition) is 3. The van der Waals surface area contributed by atoms with Crippen LogP contribution in [0.4, 0.5) is 0 Å². The Balaban J connectivity index is 3.00. The standard InChI is InChI=1S/C11H12O3/c1-3-7-11(8-4-2)9(12)5-6-10(13)14-11/h3-6H,1-2,7-8H2. The van der Waals surface area contributed by atoms with Crippen LogP contribution in [0, 0.1) is 0 Å². The lowest BCUT2D eigenvalue weighted by Gasteiger charge is -2.30. The highest BCUT2D eigenvalue weighted by Gasteiger charge is 2.40. The first-order valence-corrected chi connectivity index (χ1v) is 4.32. The number of ether oxygens (including phenoxy) is 1. The van der Waals surface area contributed by atoms with Crippen molar-refractivity contribution >= 4 is 11.8 Å². The highest BCUT2D eigenvalue weighted by atomic mass is 16.6. The Morgan fingerprint density at radius 3 is 2.29 bits per heavy atom. The van der Waals surface area contributed by atoms with E-state index in [0.717, 1.165) is 6.08 Å². The number of carbonyl (C=O) groups excluding carboxylic acids is 2. The second-order valence-corrected chi connectivity index (χ2v) is 3.10. The lowest BCUT2D eigenvalue weighted by molar-refractivity contribution is -0.162. The Kier molecular flexibility index (Phi) is 3.02. The van der Waals surface area contributed by atoms with E-state index in [1.54, 1.807) is 12.2 Å². The molecule has 0 aliphatic carbocycles. The molecule has 3 nitrogen and oxygen atoms in total. The van der Waals surface area contributed by atoms with Crippen molar-refractivity contribution in [1.29, 1.82) is 0 Å². The van der Waals surface area contributed by atoms with Crippen molar-refractivity contribution in [3.8, 4) is 0 Å². The van der Waals surface area contributed by atoms with E-state index in [4.69, 9.17) is 4.74 Å². The molecule has 1 rings (SSSR count). The molecule has 0 unspecified atom stereocenters. The van der Waals surface area contributed by atoms with Gasteiger partial charge in [-0.3, -0.25) is 4.79 Å². The van der Waals surface area contributed by atoms with E-state index in [0.29, 0.717) is 12.8 Å². The third-order valence-electron chi connectivity index (χ3n) is 2.06. The molecule has 0 N–H and O–H groups in total. The molecule has 3 heteroatoms. The Bertz CT molecular complexity index is 302. The second kappa shape index (κ2) is 4.05. The summed E-state index contributed by atoms with van der Waals surface area (Å²) in [4.78, 5) is 22.6. The SMILES string of the molecule is C=CCC1(CC=C)OC(=O)C=CC1=O. The summed E-state index contributed by atoms with van der Waals surface area (Å²) in [6.45, 7) is 7.08. The normalized spacial score (nSPS) is 18.9. The summed E-state index contributed by atoms with van der Waals surface area (Å²) >= 11 is 0. The molecule has 0 atom stereocenters. The smallest absolute Gasteiger partial charge is 0.331 e. The lowest BCUT2D eigenvalue weighted by Crippen LogP contribution is -2.43. The van der Waals surface area contributed by atoms with Crippen molar-refractivity contribution in [3.05, 3.63) is 37.5 Å². The molecule has 1 aliphatic heterocycles. The number of cyclic esters (lactones) is 1. The van der Waals surface area contributed by atoms with E-state index in [9.17, 15) is 9.59 Å². The predicted molar refractivity (Wildman–Crippen MR) is 52.6 cm³/mol. The van der Waals surface area contributed by atoms with Gasteiger partial charge in [-0.1, -0.05) is 12.2 Å². The van der Waals surface area contributed by atoms with E-state index >= 15 is 0 Å². The molecule has 0 aromatic rings. The number of hydrogen-bond donors (Lipinski definition) is 0. The minimum atomic E-state index is -1.10. The lowest BCUT2D eigenvalue weighted by atomic mass is 9.88. The van der Waals surface area contributed by atoms with Crippen LogP contribution < -0.4 is 0 Å². The van der Waals surface area contributed by atoms with E-state index in [1.165, 1.54) is 6.08 Å². The predicted octanol–water partition coefficient (Wildman–Crippen LogP) is 1.56. The van der Waals surface area contributed by atoms with Crippen LogP contribution in [0.3, 0.4) is 0 Å². The summed E-state index contributed by atoms with van der Waals surface area (Å²) in [6.07, 6.45) is 6.13. The topological polar surface area (TPSA) is 43.4 Å². The minimum absolute atomic E-state index is 0.211. The Labute approximate surface area is 82.8 Å². The van der Waals surface area contributed by atoms with E-state index in [1.807, 2.05) is 0 Å². The summed E-state index contributed by atoms with van der Waals surface area (Å²) < 4.78 is 5.05. The van der Waals surface area contributed by atoms with Gasteiger partial charge in [0, 0.05) is 18.9 Å². The molecule has 0 amide bonds. The van der Waals surface area contributed by atoms with Gasteiger partial charge in [-0.25, -0.2) is 4.79 Å². The van der Waals surface area contributed by atoms with Crippen LogP contribution >= 0.6 is 0 Å². The van der Waals surface area contributed by atoms with Gasteiger partial charge in [-0.2, -0.15) is 0 Å². The largest absolute Gasteiger partial charge is 0.447 e. The Morgan fingerprint density at radius 1 is 1.21 bits per heavy atom. The van der Waals surface area contributed by atoms with Gasteiger partial charge in [0.25, 0.3) is 0 Å². The van der Waals surface area contributed by atoms with Crippen molar-refractivity contribution in [2.45, 2.75) is 18.4 Å². The van der Waals surface area contributed by atoms with Gasteiger partial charge in [0.1, 0.15) is 0 Å². The van der Waals surface area contributed by atoms with Gasteiger partial charge in [-0.15, -0.1) is 13.2 Å². The van der Waals surface area contributed by atoms with Crippen molar-refractivity contribution in [3.63, 3.8) is 0 Å². The van der Waals surface area contributed by atoms with Crippen molar-refractivity contribution in [2.75, 3.05) is 0 Å². The molecule has 14 heavy (non-hydrogen) atoms. The van der Waals surface area contributed by atoms with E-state index in [2.05, 4.69) is 13.2 Å². The summed E-state index contributed by atoms with van der Waals surface area (Å²) in [5, 5.41) is 0. The summed E-state index contributed by atoms with van der Waals surface area (Å²) in [7, 11) is 0. The quantitative estimate of drug-likeness (QED) is 0.501. The van der Waals surface area contributed by atoms with Crippen molar-refractivity contribution in [2.24, 2.45) is 0 Å². The maximum Gasteiger partial charge on any atom is 0.331 e. The summed E-state index contributed by atoms with van der Waals surface area (Å²) in [5.74, 6) is -0.704. The van der Waals surface area contributed by atoms with Gasteiger partial charge in [0.15, 0.2) is 11.4 Å². The third kappa shape index (κ3) is 1.82. The zero-order valence-electron chi connectivity index (χ0n) is 7.86. The molecule has 0 saturated carbocycles. The molecule has 1 heterocycles. The minimum Gasteiger partial charge on any atom is -0.447 e. The fraction of sp³-hybridized carbons (Fsp3) is 0.273. The van der Waals surface area contributed by atoms with Gasteiger partial charge >= 0.3 is 5.97 Å². The van der Waals surface area contributed by atoms with Crippen LogP contribution in [0.25, 0.3) is 0 Å². The van der Waals surface area contributed by atoms with Crippen LogP contribution in [0.5, 0.6) is 0 Å². The molecule has 74 valence electrons. The van der Waals surface area contributed by atoms with Crippen LogP contribution in [0.1, 0.15) is 12.8 Å². The third-order valence-corrected chi connectivity index (χ3v) is 2.06. The van der Waals surface area contributed by atoms with Gasteiger partial charge < -0.3 is 4.74 Å². The molecule has 1 aliphatic rings. The number of esters is 1. The maximum atomic E-state index is 11.6. The maximum absolute atomic E-state index is 11.6. The van der Waals surface area contributed by atoms with E-state index in [-0.39, 0.29) is 5.78 Å². The highest BCUT2D eigenvalue weighted by molar-refractivity contribution is 6.05. The monoisotopic (exact) mass is 192 g/mol. The molecule has 0 aromatic carbocycles. The fourth-order valence-electron chi connectivity index (χ4n) is 1.41. The fourth-order valence-corrected chi connectivity index (χ4v) is 1.41. The van der Waals surface area contributed by atoms with Crippen LogP contribution in [0.2, 0.25) is 0 Å². The molecule has 0 saturated heterocycles. The molecular weight excluding hydrogens is 180 g/mol. The molecular formula is C11H12O3. The highest BCUT2D eigenvalue weighted by Crippen LogP contribution is 2.27. The van der Waals surface area contributed by atoms with Gasteiger partial charge in [-0.05, 0) is 6.08 Å². The van der Waals surface area contributed by atoms with Crippen LogP contribution in [-0.2, 0) is 14.3 Å². The average molecular weight is 192 g/mol. The first-order valence-electron chi connectivity index (χ1n) is 4.32. The Morgan fingerprint density at radius 2 is 1.79 bits per heavy atom. The second-order valence-electron chi connectivity index (χ2n) is 3.10. The van der Waals surface area contributed by atoms with Gasteiger partial charge in [0.05, 0.1) is 0 Å². The molecule has 0 radical (unpaired) electrons. The molecule has 0 aromatic heterocycles. The zero-order chi connectivity index (χ0) is 10.6. The van der Waals surface area contributed by atoms with Crippen LogP contribution in [-0.4, -0.2) is 17.4 Å². The van der Waals surface area contributed by atoms with Gasteiger partial charge in [0.2, 0.25) is 0 Å². The number of rotatable bonds is 4. The molecule has 0 spiro atoms. The zero-order valence-corrected chi connectivity index (χ0v) is 7.86. The summed E-state index contributed by atoms with van der Waals surface area (Å²) in [5.41, 5.74) is -1.10. The number of ketones is 1. The van der Waals surface area contributed by atoms with Crippen molar-refractivity contribution < 1.29 is 14.3 Å². The molecule has 0 fully saturated rings. The number of carbonyl (C=O) groups is 2. The first-order chi connectivity index (χ1) is 6.64. The van der Waals surface area contributed by atoms with Crippen molar-refractivity contribution in [1.82, 2.24) is 0 Å². The van der Waals surface area contributed by atoms with Crippen LogP contribution in [0.15, 0.2) is 37.5 Å². The Hall–Kier alpha value is -1.64. The summed E-state index contributed by atoms with van der Waals surface area (Å²) in [6, 6.07) is 0. The van der Waals surface area contributed by atoms with E-state index < -0.39 is 11.6 Å². The average Bonchev–Trinajstić information content (AvgIpc) is 2.13. The molecule has 0 bridgehead atoms.